The molecule has 3 fully saturated rings. The van der Waals surface area contributed by atoms with Gasteiger partial charge in [-0.05, 0) is 96.2 Å². The Labute approximate surface area is 365 Å². The monoisotopic (exact) mass is 860 g/mol. The molecule has 0 bridgehead atoms. The Kier molecular flexibility index (Phi) is 11.7. The lowest BCUT2D eigenvalue weighted by molar-refractivity contribution is -0.142. The fourth-order valence-electron chi connectivity index (χ4n) is 10.2. The normalized spacial score (nSPS) is 22.9. The van der Waals surface area contributed by atoms with Gasteiger partial charge in [-0.2, -0.15) is 0 Å². The smallest absolute Gasteiger partial charge is 0.407 e. The number of hydrogen-bond acceptors (Lipinski definition) is 10. The van der Waals surface area contributed by atoms with Gasteiger partial charge in [0.25, 0.3) is 0 Å². The maximum absolute atomic E-state index is 14.2. The molecule has 1 unspecified atom stereocenters. The first-order chi connectivity index (χ1) is 30.5. The first-order valence-electron chi connectivity index (χ1n) is 22.2. The summed E-state index contributed by atoms with van der Waals surface area (Å²) in [6.45, 7) is 8.58. The third-order valence-electron chi connectivity index (χ3n) is 13.5. The molecule has 332 valence electrons. The largest absolute Gasteiger partial charge is 0.488 e. The highest BCUT2D eigenvalue weighted by molar-refractivity contribution is 6.07. The molecule has 0 radical (unpaired) electrons. The fourth-order valence-corrected chi connectivity index (χ4v) is 10.2. The lowest BCUT2D eigenvalue weighted by Gasteiger charge is -2.42. The quantitative estimate of drug-likeness (QED) is 0.114. The number of H-pyrrole nitrogens is 2. The molecule has 5 aromatic rings. The number of aromatic nitrogens is 4. The van der Waals surface area contributed by atoms with Crippen LogP contribution in [0.15, 0.2) is 48.7 Å². The number of alkyl carbamates (subject to hydrolysis) is 2. The third kappa shape index (κ3) is 8.16. The van der Waals surface area contributed by atoms with E-state index in [9.17, 15) is 19.2 Å². The molecule has 6 atom stereocenters. The van der Waals surface area contributed by atoms with Gasteiger partial charge >= 0.3 is 12.2 Å². The molecule has 0 saturated carbocycles. The molecule has 2 aromatic heterocycles. The van der Waals surface area contributed by atoms with Gasteiger partial charge in [-0.3, -0.25) is 9.59 Å². The maximum Gasteiger partial charge on any atom is 0.407 e. The number of amides is 4. The number of likely N-dealkylation sites (tertiary alicyclic amines) is 2. The van der Waals surface area contributed by atoms with Crippen LogP contribution in [0, 0.1) is 17.8 Å². The molecule has 4 N–H and O–H groups in total. The predicted octanol–water partition coefficient (Wildman–Crippen LogP) is 6.99. The number of rotatable bonds is 10. The van der Waals surface area contributed by atoms with Gasteiger partial charge in [0.15, 0.2) is 0 Å². The molecule has 9 rings (SSSR count). The average Bonchev–Trinajstić information content (AvgIpc) is 4.06. The first kappa shape index (κ1) is 42.2. The van der Waals surface area contributed by atoms with E-state index in [2.05, 4.69) is 70.8 Å². The fraction of sp³-hybridized carbons (Fsp3) is 0.489. The number of benzene rings is 3. The van der Waals surface area contributed by atoms with Crippen LogP contribution in [0.1, 0.15) is 82.6 Å². The molecule has 4 aliphatic rings. The van der Waals surface area contributed by atoms with E-state index in [0.29, 0.717) is 57.4 Å². The highest BCUT2D eigenvalue weighted by Crippen LogP contribution is 2.43. The van der Waals surface area contributed by atoms with Gasteiger partial charge in [-0.15, -0.1) is 0 Å². The molecule has 4 amide bonds. The SMILES string of the molecule is CCC[C@@H]1CC(C)[C@H](NC(=O)OC)C(=O)N1Cc1nc2ccc3cc4c(cc3c2[nH]1)OCc1cc(-c2cnc([C@@H]3C[C@H](C)CN3C(=O)[C@@H](NC(=O)OC)C3CCOCC3)[nH]2)ccc1-4. The zero-order valence-electron chi connectivity index (χ0n) is 36.5. The van der Waals surface area contributed by atoms with Gasteiger partial charge in [0, 0.05) is 36.8 Å². The van der Waals surface area contributed by atoms with Crippen molar-refractivity contribution in [3.63, 3.8) is 0 Å². The molecule has 0 aliphatic carbocycles. The minimum Gasteiger partial charge on any atom is -0.488 e. The third-order valence-corrected chi connectivity index (χ3v) is 13.5. The molecule has 0 spiro atoms. The molecule has 4 aliphatic heterocycles. The second-order valence-electron chi connectivity index (χ2n) is 17.7. The standard InChI is InChI=1S/C47H56N8O8/c1-6-7-31-17-26(3)40(52-46(58)60-4)44(56)54(31)23-39-49-35-11-9-28-19-34-32-10-8-29(18-30(32)24-63-38(34)20-33(28)42(35)51-39)36-21-48-43(50-36)37-16-25(2)22-55(37)45(57)41(53-47(59)61-5)27-12-14-62-15-13-27/h8-11,18-21,25-27,31,37,40-41H,6-7,12-17,22-24H2,1-5H3,(H,48,50)(H,49,51)(H,52,58)(H,53,59)/t25-,26?,31+,37-,40-,41-/m0/s1. The van der Waals surface area contributed by atoms with Gasteiger partial charge in [0.2, 0.25) is 11.8 Å². The van der Waals surface area contributed by atoms with Crippen molar-refractivity contribution < 1.29 is 38.1 Å². The van der Waals surface area contributed by atoms with Crippen LogP contribution in [0.5, 0.6) is 5.75 Å². The molecule has 63 heavy (non-hydrogen) atoms. The summed E-state index contributed by atoms with van der Waals surface area (Å²) < 4.78 is 21.7. The second-order valence-corrected chi connectivity index (χ2v) is 17.7. The van der Waals surface area contributed by atoms with Crippen LogP contribution in [0.25, 0.3) is 44.2 Å². The summed E-state index contributed by atoms with van der Waals surface area (Å²) in [4.78, 5) is 73.1. The van der Waals surface area contributed by atoms with Gasteiger partial charge in [0.05, 0.1) is 49.7 Å². The van der Waals surface area contributed by atoms with Crippen molar-refractivity contribution in [2.24, 2.45) is 17.8 Å². The van der Waals surface area contributed by atoms with E-state index in [-0.39, 0.29) is 41.7 Å². The van der Waals surface area contributed by atoms with E-state index in [0.717, 1.165) is 81.2 Å². The van der Waals surface area contributed by atoms with Crippen molar-refractivity contribution >= 4 is 45.8 Å². The Bertz CT molecular complexity index is 2550. The van der Waals surface area contributed by atoms with E-state index >= 15 is 0 Å². The van der Waals surface area contributed by atoms with Crippen LogP contribution in [0.2, 0.25) is 0 Å². The van der Waals surface area contributed by atoms with Gasteiger partial charge in [0.1, 0.15) is 36.1 Å². The summed E-state index contributed by atoms with van der Waals surface area (Å²) in [6.07, 6.45) is 5.26. The number of piperidine rings is 1. The van der Waals surface area contributed by atoms with Crippen molar-refractivity contribution in [1.82, 2.24) is 40.4 Å². The van der Waals surface area contributed by atoms with Crippen molar-refractivity contribution in [2.75, 3.05) is 34.0 Å². The summed E-state index contributed by atoms with van der Waals surface area (Å²) in [5.41, 5.74) is 6.58. The summed E-state index contributed by atoms with van der Waals surface area (Å²) >= 11 is 0. The second kappa shape index (κ2) is 17.5. The van der Waals surface area contributed by atoms with E-state index in [4.69, 9.17) is 28.9 Å². The Balaban J connectivity index is 0.948. The van der Waals surface area contributed by atoms with E-state index in [1.807, 2.05) is 29.0 Å². The Morgan fingerprint density at radius 1 is 0.984 bits per heavy atom. The van der Waals surface area contributed by atoms with Crippen LogP contribution in [0.4, 0.5) is 9.59 Å². The van der Waals surface area contributed by atoms with Crippen molar-refractivity contribution in [1.29, 1.82) is 0 Å². The zero-order chi connectivity index (χ0) is 43.9. The maximum atomic E-state index is 14.2. The van der Waals surface area contributed by atoms with Crippen LogP contribution < -0.4 is 15.4 Å². The number of aromatic amines is 2. The molecule has 16 heteroatoms. The molecule has 16 nitrogen and oxygen atoms in total. The zero-order valence-corrected chi connectivity index (χ0v) is 36.5. The van der Waals surface area contributed by atoms with Gasteiger partial charge in [-0.1, -0.05) is 45.4 Å². The van der Waals surface area contributed by atoms with Crippen LogP contribution in [-0.4, -0.2) is 106 Å². The summed E-state index contributed by atoms with van der Waals surface area (Å²) in [5, 5.41) is 7.58. The van der Waals surface area contributed by atoms with E-state index in [1.165, 1.54) is 14.2 Å². The topological polar surface area (TPSA) is 193 Å². The summed E-state index contributed by atoms with van der Waals surface area (Å²) in [5.74, 6) is 2.08. The first-order valence-corrected chi connectivity index (χ1v) is 22.2. The van der Waals surface area contributed by atoms with Gasteiger partial charge in [-0.25, -0.2) is 19.6 Å². The van der Waals surface area contributed by atoms with Crippen molar-refractivity contribution in [2.45, 2.75) is 96.6 Å². The number of nitrogens with one attached hydrogen (secondary N) is 4. The Morgan fingerprint density at radius 3 is 2.57 bits per heavy atom. The number of carbonyl (C=O) groups is 4. The summed E-state index contributed by atoms with van der Waals surface area (Å²) in [6, 6.07) is 13.0. The predicted molar refractivity (Wildman–Crippen MR) is 234 cm³/mol. The number of ether oxygens (including phenoxy) is 4. The Hall–Kier alpha value is -6.16. The van der Waals surface area contributed by atoms with Crippen LogP contribution >= 0.6 is 0 Å². The molecule has 3 saturated heterocycles. The number of carbonyl (C=O) groups excluding carboxylic acids is 4. The lowest BCUT2D eigenvalue weighted by atomic mass is 9.85. The molecule has 3 aromatic carbocycles. The van der Waals surface area contributed by atoms with Crippen molar-refractivity contribution in [3.8, 4) is 28.1 Å². The molecular weight excluding hydrogens is 805 g/mol. The number of nitrogens with zero attached hydrogens (tertiary/aromatic N) is 4. The molecular formula is C47H56N8O8. The highest BCUT2D eigenvalue weighted by atomic mass is 16.5. The highest BCUT2D eigenvalue weighted by Gasteiger charge is 2.43. The minimum atomic E-state index is -0.709. The van der Waals surface area contributed by atoms with E-state index in [1.54, 1.807) is 0 Å². The van der Waals surface area contributed by atoms with E-state index < -0.39 is 24.3 Å². The van der Waals surface area contributed by atoms with Crippen LogP contribution in [-0.2, 0) is 37.0 Å². The minimum absolute atomic E-state index is 0.0262. The number of fused-ring (bicyclic) bond motifs is 6. The number of methoxy groups -OCH3 is 2. The lowest BCUT2D eigenvalue weighted by Crippen LogP contribution is -2.59. The van der Waals surface area contributed by atoms with Crippen molar-refractivity contribution in [3.05, 3.63) is 65.9 Å². The number of hydrogen-bond donors (Lipinski definition) is 4. The van der Waals surface area contributed by atoms with Gasteiger partial charge < -0.3 is 49.3 Å². The van der Waals surface area contributed by atoms with Crippen LogP contribution in [0.3, 0.4) is 0 Å². The number of imidazole rings is 2. The molecule has 6 heterocycles. The summed E-state index contributed by atoms with van der Waals surface area (Å²) in [7, 11) is 2.61. The Morgan fingerprint density at radius 2 is 1.79 bits per heavy atom. The average molecular weight is 861 g/mol.